The van der Waals surface area contributed by atoms with Crippen molar-refractivity contribution in [1.29, 1.82) is 0 Å². The molecule has 0 unspecified atom stereocenters. The molecule has 0 saturated carbocycles. The Morgan fingerprint density at radius 3 is 3.15 bits per heavy atom. The first-order valence-corrected chi connectivity index (χ1v) is 3.64. The number of primary amides is 1. The highest BCUT2D eigenvalue weighted by molar-refractivity contribution is 5.64. The van der Waals surface area contributed by atoms with Gasteiger partial charge in [-0.05, 0) is 0 Å². The van der Waals surface area contributed by atoms with E-state index in [-0.39, 0.29) is 13.2 Å². The van der Waals surface area contributed by atoms with E-state index in [0.717, 1.165) is 0 Å². The molecule has 7 heteroatoms. The highest BCUT2D eigenvalue weighted by Crippen LogP contribution is 1.94. The van der Waals surface area contributed by atoms with Gasteiger partial charge in [0.15, 0.2) is 5.82 Å². The molecule has 13 heavy (non-hydrogen) atoms. The molecule has 0 atom stereocenters. The van der Waals surface area contributed by atoms with Crippen LogP contribution in [-0.4, -0.2) is 32.6 Å². The lowest BCUT2D eigenvalue weighted by Crippen LogP contribution is -2.17. The van der Waals surface area contributed by atoms with E-state index in [1.54, 1.807) is 4.57 Å². The molecule has 1 amide bonds. The molecule has 0 radical (unpaired) electrons. The van der Waals surface area contributed by atoms with Gasteiger partial charge in [-0.2, -0.15) is 0 Å². The minimum atomic E-state index is -0.821. The van der Waals surface area contributed by atoms with E-state index < -0.39 is 6.09 Å². The second kappa shape index (κ2) is 4.41. The van der Waals surface area contributed by atoms with E-state index >= 15 is 0 Å². The first-order valence-electron chi connectivity index (χ1n) is 3.64. The summed E-state index contributed by atoms with van der Waals surface area (Å²) in [6, 6.07) is 0. The first-order chi connectivity index (χ1) is 6.24. The van der Waals surface area contributed by atoms with Crippen LogP contribution in [0.15, 0.2) is 6.33 Å². The number of carbonyl (C=O) groups excluding carboxylic acids is 1. The maximum absolute atomic E-state index is 10.2. The monoisotopic (exact) mass is 186 g/mol. The van der Waals surface area contributed by atoms with Crippen LogP contribution in [0.3, 0.4) is 0 Å². The number of nitrogens with two attached hydrogens (primary N) is 1. The van der Waals surface area contributed by atoms with Crippen LogP contribution in [0.2, 0.25) is 0 Å². The van der Waals surface area contributed by atoms with Crippen molar-refractivity contribution in [2.45, 2.75) is 13.2 Å². The Kier molecular flexibility index (Phi) is 3.21. The molecule has 1 heterocycles. The lowest BCUT2D eigenvalue weighted by Gasteiger charge is -2.03. The summed E-state index contributed by atoms with van der Waals surface area (Å²) < 4.78 is 6.07. The Morgan fingerprint density at radius 2 is 2.54 bits per heavy atom. The normalized spacial score (nSPS) is 9.92. The molecular weight excluding hydrogens is 176 g/mol. The molecule has 0 aliphatic carbocycles. The summed E-state index contributed by atoms with van der Waals surface area (Å²) in [6.45, 7) is 0.322. The Bertz CT molecular complexity index is 285. The van der Waals surface area contributed by atoms with Gasteiger partial charge in [0.2, 0.25) is 0 Å². The average molecular weight is 186 g/mol. The zero-order valence-corrected chi connectivity index (χ0v) is 6.88. The van der Waals surface area contributed by atoms with Crippen molar-refractivity contribution in [3.8, 4) is 0 Å². The summed E-state index contributed by atoms with van der Waals surface area (Å²) in [5, 5.41) is 16.0. The van der Waals surface area contributed by atoms with E-state index in [2.05, 4.69) is 14.9 Å². The predicted molar refractivity (Wildman–Crippen MR) is 41.5 cm³/mol. The minimum absolute atomic E-state index is 0.139. The van der Waals surface area contributed by atoms with Crippen LogP contribution in [0.4, 0.5) is 4.79 Å². The number of ether oxygens (including phenoxy) is 1. The van der Waals surface area contributed by atoms with Gasteiger partial charge >= 0.3 is 6.09 Å². The molecular formula is C6H10N4O3. The number of rotatable bonds is 4. The van der Waals surface area contributed by atoms with Crippen LogP contribution in [0, 0.1) is 0 Å². The van der Waals surface area contributed by atoms with Crippen molar-refractivity contribution in [2.24, 2.45) is 5.73 Å². The van der Waals surface area contributed by atoms with Gasteiger partial charge in [-0.25, -0.2) is 4.79 Å². The van der Waals surface area contributed by atoms with Crippen molar-refractivity contribution in [2.75, 3.05) is 6.61 Å². The van der Waals surface area contributed by atoms with E-state index in [4.69, 9.17) is 10.8 Å². The van der Waals surface area contributed by atoms with E-state index in [1.807, 2.05) is 0 Å². The lowest BCUT2D eigenvalue weighted by atomic mass is 10.6. The Labute approximate surface area is 74.1 Å². The zero-order valence-electron chi connectivity index (χ0n) is 6.88. The summed E-state index contributed by atoms with van der Waals surface area (Å²) in [7, 11) is 0. The number of nitrogens with zero attached hydrogens (tertiary/aromatic N) is 3. The summed E-state index contributed by atoms with van der Waals surface area (Å²) in [5.74, 6) is 0.424. The summed E-state index contributed by atoms with van der Waals surface area (Å²) >= 11 is 0. The fraction of sp³-hybridized carbons (Fsp3) is 0.500. The summed E-state index contributed by atoms with van der Waals surface area (Å²) in [4.78, 5) is 10.2. The molecule has 0 aromatic carbocycles. The van der Waals surface area contributed by atoms with E-state index in [1.165, 1.54) is 6.33 Å². The number of hydrogen-bond donors (Lipinski definition) is 2. The van der Waals surface area contributed by atoms with Crippen molar-refractivity contribution in [3.05, 3.63) is 12.2 Å². The highest BCUT2D eigenvalue weighted by Gasteiger charge is 2.02. The van der Waals surface area contributed by atoms with Crippen LogP contribution < -0.4 is 5.73 Å². The maximum Gasteiger partial charge on any atom is 0.404 e. The third-order valence-corrected chi connectivity index (χ3v) is 1.41. The fourth-order valence-corrected chi connectivity index (χ4v) is 0.833. The van der Waals surface area contributed by atoms with Crippen molar-refractivity contribution in [3.63, 3.8) is 0 Å². The first kappa shape index (κ1) is 9.46. The van der Waals surface area contributed by atoms with Crippen LogP contribution in [0.5, 0.6) is 0 Å². The zero-order chi connectivity index (χ0) is 9.68. The standard InChI is InChI=1S/C6H10N4O3/c7-6(12)13-2-1-10-4-8-9-5(10)3-11/h4,11H,1-3H2,(H2,7,12). The van der Waals surface area contributed by atoms with Gasteiger partial charge in [-0.1, -0.05) is 0 Å². The van der Waals surface area contributed by atoms with Gasteiger partial charge in [0.05, 0.1) is 6.54 Å². The molecule has 1 aromatic rings. The van der Waals surface area contributed by atoms with Crippen LogP contribution in [-0.2, 0) is 17.9 Å². The molecule has 7 nitrogen and oxygen atoms in total. The van der Waals surface area contributed by atoms with Crippen LogP contribution >= 0.6 is 0 Å². The number of carbonyl (C=O) groups is 1. The second-order valence-corrected chi connectivity index (χ2v) is 2.27. The SMILES string of the molecule is NC(=O)OCCn1cnnc1CO. The topological polar surface area (TPSA) is 103 Å². The molecule has 1 rings (SSSR count). The molecule has 0 aliphatic heterocycles. The maximum atomic E-state index is 10.2. The Balaban J connectivity index is 2.40. The van der Waals surface area contributed by atoms with Gasteiger partial charge in [0, 0.05) is 0 Å². The molecule has 0 fully saturated rings. The Morgan fingerprint density at radius 1 is 1.77 bits per heavy atom. The highest BCUT2D eigenvalue weighted by atomic mass is 16.5. The number of aromatic nitrogens is 3. The average Bonchev–Trinajstić information content (AvgIpc) is 2.51. The van der Waals surface area contributed by atoms with Crippen molar-refractivity contribution >= 4 is 6.09 Å². The van der Waals surface area contributed by atoms with Gasteiger partial charge in [0.1, 0.15) is 19.5 Å². The van der Waals surface area contributed by atoms with E-state index in [9.17, 15) is 4.79 Å². The van der Waals surface area contributed by atoms with E-state index in [0.29, 0.717) is 12.4 Å². The minimum Gasteiger partial charge on any atom is -0.448 e. The molecule has 3 N–H and O–H groups in total. The lowest BCUT2D eigenvalue weighted by molar-refractivity contribution is 0.151. The van der Waals surface area contributed by atoms with Gasteiger partial charge in [0.25, 0.3) is 0 Å². The van der Waals surface area contributed by atoms with Gasteiger partial charge in [-0.3, -0.25) is 0 Å². The second-order valence-electron chi connectivity index (χ2n) is 2.27. The molecule has 0 bridgehead atoms. The molecule has 0 saturated heterocycles. The van der Waals surface area contributed by atoms with Gasteiger partial charge in [-0.15, -0.1) is 10.2 Å². The molecule has 0 aliphatic rings. The smallest absolute Gasteiger partial charge is 0.404 e. The molecule has 1 aromatic heterocycles. The van der Waals surface area contributed by atoms with Crippen molar-refractivity contribution < 1.29 is 14.6 Å². The predicted octanol–water partition coefficient (Wildman–Crippen LogP) is -1.13. The quantitative estimate of drug-likeness (QED) is 0.619. The fourth-order valence-electron chi connectivity index (χ4n) is 0.833. The Hall–Kier alpha value is -1.63. The van der Waals surface area contributed by atoms with Crippen molar-refractivity contribution in [1.82, 2.24) is 14.8 Å². The molecule has 0 spiro atoms. The number of hydrogen-bond acceptors (Lipinski definition) is 5. The number of aliphatic hydroxyl groups is 1. The van der Waals surface area contributed by atoms with Crippen LogP contribution in [0.25, 0.3) is 0 Å². The van der Waals surface area contributed by atoms with Gasteiger partial charge < -0.3 is 20.1 Å². The summed E-state index contributed by atoms with van der Waals surface area (Å²) in [5.41, 5.74) is 4.75. The number of amides is 1. The molecule has 72 valence electrons. The third-order valence-electron chi connectivity index (χ3n) is 1.41. The summed E-state index contributed by atoms with van der Waals surface area (Å²) in [6.07, 6.45) is 0.620. The largest absolute Gasteiger partial charge is 0.448 e. The van der Waals surface area contributed by atoms with Crippen LogP contribution in [0.1, 0.15) is 5.82 Å². The number of aliphatic hydroxyl groups excluding tert-OH is 1. The third kappa shape index (κ3) is 2.71.